The van der Waals surface area contributed by atoms with Gasteiger partial charge in [-0.05, 0) is 53.6 Å². The Morgan fingerprint density at radius 2 is 2.00 bits per heavy atom. The second kappa shape index (κ2) is 7.17. The van der Waals surface area contributed by atoms with Gasteiger partial charge in [-0.3, -0.25) is 0 Å². The van der Waals surface area contributed by atoms with Crippen molar-refractivity contribution in [3.05, 3.63) is 27.3 Å². The molecular weight excluding hydrogens is 385 g/mol. The average molecular weight is 399 g/mol. The normalized spacial score (nSPS) is 11.5. The highest BCUT2D eigenvalue weighted by atomic mass is 127. The molecule has 0 bridgehead atoms. The number of hydrogen-bond acceptors (Lipinski definition) is 4. The summed E-state index contributed by atoms with van der Waals surface area (Å²) in [5.41, 5.74) is -0.0427. The molecule has 0 atom stereocenters. The molecule has 0 fully saturated rings. The van der Waals surface area contributed by atoms with Gasteiger partial charge in [0.15, 0.2) is 0 Å². The molecule has 0 saturated carbocycles. The van der Waals surface area contributed by atoms with E-state index in [9.17, 15) is 13.2 Å². The zero-order valence-corrected chi connectivity index (χ0v) is 12.9. The van der Waals surface area contributed by atoms with Crippen molar-refractivity contribution in [2.45, 2.75) is 17.7 Å². The quantitative estimate of drug-likeness (QED) is 0.470. The number of aromatic carboxylic acids is 1. The van der Waals surface area contributed by atoms with Crippen molar-refractivity contribution < 1.29 is 23.4 Å². The molecule has 8 heteroatoms. The SMILES string of the molecule is O=C(O)c1cc(S(=O)(=O)NCCCCO)ccc1I. The summed E-state index contributed by atoms with van der Waals surface area (Å²) < 4.78 is 26.7. The number of aliphatic hydroxyl groups is 1. The standard InChI is InChI=1S/C11H14INO5S/c12-10-4-3-8(7-9(10)11(15)16)19(17,18)13-5-1-2-6-14/h3-4,7,13-14H,1-2,5-6H2,(H,15,16). The molecule has 0 spiro atoms. The van der Waals surface area contributed by atoms with Gasteiger partial charge in [0, 0.05) is 16.7 Å². The van der Waals surface area contributed by atoms with Crippen LogP contribution in [0.15, 0.2) is 23.1 Å². The predicted octanol–water partition coefficient (Wildman–Crippen LogP) is 1.04. The fourth-order valence-electron chi connectivity index (χ4n) is 1.36. The molecule has 0 aromatic heterocycles. The molecule has 1 rings (SSSR count). The van der Waals surface area contributed by atoms with E-state index in [0.717, 1.165) is 6.07 Å². The third-order valence-electron chi connectivity index (χ3n) is 2.36. The molecule has 1 aromatic carbocycles. The number of aliphatic hydroxyl groups excluding tert-OH is 1. The molecule has 0 amide bonds. The maximum atomic E-state index is 11.9. The summed E-state index contributed by atoms with van der Waals surface area (Å²) in [6, 6.07) is 3.95. The Kier molecular flexibility index (Phi) is 6.17. The molecule has 0 radical (unpaired) electrons. The van der Waals surface area contributed by atoms with Crippen LogP contribution in [0.3, 0.4) is 0 Å². The highest BCUT2D eigenvalue weighted by Gasteiger charge is 2.17. The van der Waals surface area contributed by atoms with E-state index in [2.05, 4.69) is 4.72 Å². The number of carboxylic acid groups (broad SMARTS) is 1. The number of hydrogen-bond donors (Lipinski definition) is 3. The third-order valence-corrected chi connectivity index (χ3v) is 4.75. The number of carboxylic acids is 1. The van der Waals surface area contributed by atoms with E-state index in [1.54, 1.807) is 0 Å². The van der Waals surface area contributed by atoms with Crippen LogP contribution in [-0.2, 0) is 10.0 Å². The number of halogens is 1. The Morgan fingerprint density at radius 3 is 2.58 bits per heavy atom. The van der Waals surface area contributed by atoms with Crippen LogP contribution in [0.4, 0.5) is 0 Å². The van der Waals surface area contributed by atoms with Gasteiger partial charge < -0.3 is 10.2 Å². The van der Waals surface area contributed by atoms with Crippen LogP contribution in [0, 0.1) is 3.57 Å². The molecule has 0 aliphatic carbocycles. The molecule has 0 aliphatic rings. The zero-order valence-electron chi connectivity index (χ0n) is 9.97. The number of rotatable bonds is 7. The first kappa shape index (κ1) is 16.3. The van der Waals surface area contributed by atoms with E-state index in [1.165, 1.54) is 12.1 Å². The summed E-state index contributed by atoms with van der Waals surface area (Å²) in [6.45, 7) is 0.214. The largest absolute Gasteiger partial charge is 0.478 e. The van der Waals surface area contributed by atoms with E-state index < -0.39 is 16.0 Å². The summed E-state index contributed by atoms with van der Waals surface area (Å²) in [7, 11) is -3.71. The van der Waals surface area contributed by atoms with E-state index in [4.69, 9.17) is 10.2 Å². The number of nitrogens with one attached hydrogen (secondary N) is 1. The minimum absolute atomic E-state index is 0.00836. The molecule has 3 N–H and O–H groups in total. The van der Waals surface area contributed by atoms with E-state index >= 15 is 0 Å². The van der Waals surface area contributed by atoms with Gasteiger partial charge in [-0.25, -0.2) is 17.9 Å². The predicted molar refractivity (Wildman–Crippen MR) is 77.6 cm³/mol. The van der Waals surface area contributed by atoms with Gasteiger partial charge in [-0.15, -0.1) is 0 Å². The van der Waals surface area contributed by atoms with Crippen LogP contribution in [0.2, 0.25) is 0 Å². The highest BCUT2D eigenvalue weighted by molar-refractivity contribution is 14.1. The van der Waals surface area contributed by atoms with Gasteiger partial charge in [-0.1, -0.05) is 0 Å². The molecule has 0 heterocycles. The number of sulfonamides is 1. The Hall–Kier alpha value is -0.710. The van der Waals surface area contributed by atoms with Gasteiger partial charge >= 0.3 is 5.97 Å². The molecule has 0 unspecified atom stereocenters. The fourth-order valence-corrected chi connectivity index (χ4v) is 3.03. The van der Waals surface area contributed by atoms with Crippen molar-refractivity contribution in [1.82, 2.24) is 4.72 Å². The molecule has 19 heavy (non-hydrogen) atoms. The van der Waals surface area contributed by atoms with Crippen LogP contribution in [0.25, 0.3) is 0 Å². The van der Waals surface area contributed by atoms with E-state index in [1.807, 2.05) is 22.6 Å². The maximum absolute atomic E-state index is 11.9. The number of unbranched alkanes of at least 4 members (excludes halogenated alkanes) is 1. The van der Waals surface area contributed by atoms with Crippen molar-refractivity contribution >= 4 is 38.6 Å². The summed E-state index contributed by atoms with van der Waals surface area (Å²) in [5.74, 6) is -1.17. The lowest BCUT2D eigenvalue weighted by Crippen LogP contribution is -2.25. The van der Waals surface area contributed by atoms with Crippen LogP contribution >= 0.6 is 22.6 Å². The molecule has 0 aliphatic heterocycles. The Morgan fingerprint density at radius 1 is 1.32 bits per heavy atom. The highest BCUT2D eigenvalue weighted by Crippen LogP contribution is 2.18. The Bertz CT molecular complexity index is 558. The molecule has 1 aromatic rings. The van der Waals surface area contributed by atoms with E-state index in [0.29, 0.717) is 16.4 Å². The monoisotopic (exact) mass is 399 g/mol. The van der Waals surface area contributed by atoms with Crippen LogP contribution in [-0.4, -0.2) is 37.8 Å². The Labute approximate surface area is 125 Å². The first-order valence-corrected chi connectivity index (χ1v) is 8.08. The molecule has 106 valence electrons. The van der Waals surface area contributed by atoms with Gasteiger partial charge in [0.25, 0.3) is 0 Å². The summed E-state index contributed by atoms with van der Waals surface area (Å²) in [6.07, 6.45) is 1.03. The smallest absolute Gasteiger partial charge is 0.336 e. The van der Waals surface area contributed by atoms with Crippen LogP contribution in [0.1, 0.15) is 23.2 Å². The first-order chi connectivity index (χ1) is 8.88. The van der Waals surface area contributed by atoms with Gasteiger partial charge in [0.2, 0.25) is 10.0 Å². The van der Waals surface area contributed by atoms with E-state index in [-0.39, 0.29) is 23.6 Å². The summed E-state index contributed by atoms with van der Waals surface area (Å²) >= 11 is 1.84. The zero-order chi connectivity index (χ0) is 14.5. The van der Waals surface area contributed by atoms with Crippen molar-refractivity contribution in [3.8, 4) is 0 Å². The lowest BCUT2D eigenvalue weighted by Gasteiger charge is -2.08. The molecule has 0 saturated heterocycles. The van der Waals surface area contributed by atoms with Crippen molar-refractivity contribution in [2.75, 3.05) is 13.2 Å². The van der Waals surface area contributed by atoms with Crippen LogP contribution in [0.5, 0.6) is 0 Å². The average Bonchev–Trinajstić information content (AvgIpc) is 2.34. The second-order valence-electron chi connectivity index (χ2n) is 3.78. The lowest BCUT2D eigenvalue weighted by molar-refractivity contribution is 0.0695. The lowest BCUT2D eigenvalue weighted by atomic mass is 10.2. The summed E-state index contributed by atoms with van der Waals surface area (Å²) in [4.78, 5) is 10.9. The summed E-state index contributed by atoms with van der Waals surface area (Å²) in [5, 5.41) is 17.6. The van der Waals surface area contributed by atoms with Gasteiger partial charge in [-0.2, -0.15) is 0 Å². The van der Waals surface area contributed by atoms with Gasteiger partial charge in [0.1, 0.15) is 0 Å². The van der Waals surface area contributed by atoms with Crippen molar-refractivity contribution in [2.24, 2.45) is 0 Å². The van der Waals surface area contributed by atoms with Gasteiger partial charge in [0.05, 0.1) is 10.5 Å². The molecule has 6 nitrogen and oxygen atoms in total. The van der Waals surface area contributed by atoms with Crippen LogP contribution < -0.4 is 4.72 Å². The fraction of sp³-hybridized carbons (Fsp3) is 0.364. The van der Waals surface area contributed by atoms with Crippen molar-refractivity contribution in [1.29, 1.82) is 0 Å². The number of benzene rings is 1. The Balaban J connectivity index is 2.89. The number of carbonyl (C=O) groups is 1. The molecular formula is C11H14INO5S. The minimum atomic E-state index is -3.71. The minimum Gasteiger partial charge on any atom is -0.478 e. The van der Waals surface area contributed by atoms with Crippen molar-refractivity contribution in [3.63, 3.8) is 0 Å². The maximum Gasteiger partial charge on any atom is 0.336 e. The third kappa shape index (κ3) is 4.71. The first-order valence-electron chi connectivity index (χ1n) is 5.52. The second-order valence-corrected chi connectivity index (χ2v) is 6.70. The topological polar surface area (TPSA) is 104 Å².